The lowest BCUT2D eigenvalue weighted by Crippen LogP contribution is -2.51. The maximum Gasteiger partial charge on any atom is 0.262 e. The van der Waals surface area contributed by atoms with E-state index in [2.05, 4.69) is 16.2 Å². The SMILES string of the molecule is COc1cc(/C=C/C(=O)NNC(=S)NC(C)(C)C)cc2c1OCCO2. The van der Waals surface area contributed by atoms with E-state index < -0.39 is 0 Å². The summed E-state index contributed by atoms with van der Waals surface area (Å²) in [6, 6.07) is 3.57. The quantitative estimate of drug-likeness (QED) is 0.428. The molecule has 0 fully saturated rings. The minimum atomic E-state index is -0.341. The van der Waals surface area contributed by atoms with Crippen LogP contribution in [0.25, 0.3) is 6.08 Å². The van der Waals surface area contributed by atoms with Gasteiger partial charge in [0.25, 0.3) is 5.91 Å². The van der Waals surface area contributed by atoms with Crippen molar-refractivity contribution in [1.29, 1.82) is 0 Å². The van der Waals surface area contributed by atoms with E-state index in [9.17, 15) is 4.79 Å². The van der Waals surface area contributed by atoms with E-state index >= 15 is 0 Å². The minimum absolute atomic E-state index is 0.188. The number of hydrogen-bond acceptors (Lipinski definition) is 5. The zero-order chi connectivity index (χ0) is 18.4. The third-order valence-electron chi connectivity index (χ3n) is 3.07. The molecule has 0 radical (unpaired) electrons. The molecule has 1 aromatic carbocycles. The van der Waals surface area contributed by atoms with Crippen LogP contribution in [-0.4, -0.2) is 36.9 Å². The highest BCUT2D eigenvalue weighted by Crippen LogP contribution is 2.40. The summed E-state index contributed by atoms with van der Waals surface area (Å²) in [4.78, 5) is 11.9. The van der Waals surface area contributed by atoms with E-state index in [0.29, 0.717) is 35.6 Å². The average Bonchev–Trinajstić information content (AvgIpc) is 2.55. The fourth-order valence-electron chi connectivity index (χ4n) is 2.09. The van der Waals surface area contributed by atoms with Gasteiger partial charge >= 0.3 is 0 Å². The van der Waals surface area contributed by atoms with Crippen LogP contribution in [0, 0.1) is 0 Å². The predicted molar refractivity (Wildman–Crippen MR) is 99.8 cm³/mol. The highest BCUT2D eigenvalue weighted by Gasteiger charge is 2.17. The maximum absolute atomic E-state index is 11.9. The summed E-state index contributed by atoms with van der Waals surface area (Å²) < 4.78 is 16.4. The summed E-state index contributed by atoms with van der Waals surface area (Å²) in [5, 5.41) is 3.37. The molecule has 0 aliphatic carbocycles. The fourth-order valence-corrected chi connectivity index (χ4v) is 2.45. The van der Waals surface area contributed by atoms with Gasteiger partial charge in [-0.25, -0.2) is 0 Å². The van der Waals surface area contributed by atoms with Gasteiger partial charge in [-0.05, 0) is 56.8 Å². The van der Waals surface area contributed by atoms with Gasteiger partial charge in [0, 0.05) is 11.6 Å². The van der Waals surface area contributed by atoms with Crippen molar-refractivity contribution in [2.24, 2.45) is 0 Å². The summed E-state index contributed by atoms with van der Waals surface area (Å²) >= 11 is 5.09. The number of methoxy groups -OCH3 is 1. The number of nitrogens with one attached hydrogen (secondary N) is 3. The second kappa shape index (κ2) is 8.06. The predicted octanol–water partition coefficient (Wildman–Crippen LogP) is 1.77. The van der Waals surface area contributed by atoms with Crippen molar-refractivity contribution in [3.63, 3.8) is 0 Å². The zero-order valence-corrected chi connectivity index (χ0v) is 15.6. The van der Waals surface area contributed by atoms with Crippen LogP contribution < -0.4 is 30.4 Å². The first kappa shape index (κ1) is 18.9. The van der Waals surface area contributed by atoms with E-state index in [1.807, 2.05) is 20.8 Å². The number of hydrogen-bond donors (Lipinski definition) is 3. The third kappa shape index (κ3) is 5.82. The highest BCUT2D eigenvalue weighted by atomic mass is 32.1. The Morgan fingerprint density at radius 3 is 2.64 bits per heavy atom. The Hall–Kier alpha value is -2.48. The summed E-state index contributed by atoms with van der Waals surface area (Å²) in [6.45, 7) is 6.87. The standard InChI is InChI=1S/C17H23N3O4S/c1-17(2,3)18-16(25)20-19-14(21)6-5-11-9-12(22-4)15-13(10-11)23-7-8-24-15/h5-6,9-10H,7-8H2,1-4H3,(H,19,21)(H2,18,20,25)/b6-5+. The molecule has 0 saturated carbocycles. The molecule has 0 atom stereocenters. The van der Waals surface area contributed by atoms with Crippen LogP contribution in [0.5, 0.6) is 17.2 Å². The largest absolute Gasteiger partial charge is 0.493 e. The van der Waals surface area contributed by atoms with Gasteiger partial charge in [0.15, 0.2) is 16.6 Å². The molecule has 0 saturated heterocycles. The normalized spacial score (nSPS) is 13.3. The molecule has 0 unspecified atom stereocenters. The minimum Gasteiger partial charge on any atom is -0.493 e. The van der Waals surface area contributed by atoms with E-state index in [4.69, 9.17) is 26.4 Å². The number of fused-ring (bicyclic) bond motifs is 1. The van der Waals surface area contributed by atoms with Crippen LogP contribution >= 0.6 is 12.2 Å². The molecule has 1 aliphatic rings. The molecule has 136 valence electrons. The number of hydrazine groups is 1. The van der Waals surface area contributed by atoms with Gasteiger partial charge in [-0.3, -0.25) is 15.6 Å². The monoisotopic (exact) mass is 365 g/mol. The Balaban J connectivity index is 1.97. The molecule has 8 heteroatoms. The Labute approximate surface area is 152 Å². The van der Waals surface area contributed by atoms with Crippen molar-refractivity contribution in [3.8, 4) is 17.2 Å². The van der Waals surface area contributed by atoms with Crippen LogP contribution in [0.2, 0.25) is 0 Å². The maximum atomic E-state index is 11.9. The molecule has 0 spiro atoms. The van der Waals surface area contributed by atoms with Gasteiger partial charge in [0.1, 0.15) is 13.2 Å². The molecule has 1 aliphatic heterocycles. The molecule has 1 amide bonds. The van der Waals surface area contributed by atoms with Gasteiger partial charge in [0.05, 0.1) is 7.11 Å². The number of carbonyl (C=O) groups excluding carboxylic acids is 1. The first-order valence-electron chi connectivity index (χ1n) is 7.82. The number of ether oxygens (including phenoxy) is 3. The van der Waals surface area contributed by atoms with E-state index in [0.717, 1.165) is 5.56 Å². The summed E-state index contributed by atoms with van der Waals surface area (Å²) in [7, 11) is 1.56. The molecule has 0 bridgehead atoms. The fraction of sp³-hybridized carbons (Fsp3) is 0.412. The Morgan fingerprint density at radius 2 is 1.96 bits per heavy atom. The Morgan fingerprint density at radius 1 is 1.24 bits per heavy atom. The number of carbonyl (C=O) groups is 1. The van der Waals surface area contributed by atoms with Crippen molar-refractivity contribution in [2.45, 2.75) is 26.3 Å². The van der Waals surface area contributed by atoms with E-state index in [1.165, 1.54) is 6.08 Å². The summed E-state index contributed by atoms with van der Waals surface area (Å²) in [6.07, 6.45) is 3.04. The molecule has 3 N–H and O–H groups in total. The molecular weight excluding hydrogens is 342 g/mol. The van der Waals surface area contributed by atoms with Crippen LogP contribution in [0.15, 0.2) is 18.2 Å². The van der Waals surface area contributed by atoms with Gasteiger partial charge in [-0.2, -0.15) is 0 Å². The molecule has 0 aromatic heterocycles. The Bertz CT molecular complexity index is 666. The smallest absolute Gasteiger partial charge is 0.262 e. The highest BCUT2D eigenvalue weighted by molar-refractivity contribution is 7.80. The van der Waals surface area contributed by atoms with Gasteiger partial charge in [-0.15, -0.1) is 0 Å². The summed E-state index contributed by atoms with van der Waals surface area (Å²) in [5.41, 5.74) is 5.72. The van der Waals surface area contributed by atoms with Crippen LogP contribution in [0.3, 0.4) is 0 Å². The van der Waals surface area contributed by atoms with Crippen molar-refractivity contribution >= 4 is 29.3 Å². The summed E-state index contributed by atoms with van der Waals surface area (Å²) in [5.74, 6) is 1.40. The first-order chi connectivity index (χ1) is 11.8. The first-order valence-corrected chi connectivity index (χ1v) is 8.23. The van der Waals surface area contributed by atoms with Crippen molar-refractivity contribution in [2.75, 3.05) is 20.3 Å². The number of thiocarbonyl (C=S) groups is 1. The van der Waals surface area contributed by atoms with Crippen molar-refractivity contribution in [3.05, 3.63) is 23.8 Å². The molecule has 2 rings (SSSR count). The van der Waals surface area contributed by atoms with Crippen LogP contribution in [0.4, 0.5) is 0 Å². The Kier molecular flexibility index (Phi) is 6.08. The number of benzene rings is 1. The lowest BCUT2D eigenvalue weighted by atomic mass is 10.1. The van der Waals surface area contributed by atoms with Gasteiger partial charge in [0.2, 0.25) is 5.75 Å². The third-order valence-corrected chi connectivity index (χ3v) is 3.27. The van der Waals surface area contributed by atoms with Crippen molar-refractivity contribution in [1.82, 2.24) is 16.2 Å². The van der Waals surface area contributed by atoms with Crippen molar-refractivity contribution < 1.29 is 19.0 Å². The number of rotatable bonds is 3. The number of amides is 1. The van der Waals surface area contributed by atoms with E-state index in [1.54, 1.807) is 25.3 Å². The van der Waals surface area contributed by atoms with Crippen LogP contribution in [-0.2, 0) is 4.79 Å². The zero-order valence-electron chi connectivity index (χ0n) is 14.8. The topological polar surface area (TPSA) is 80.9 Å². The second-order valence-electron chi connectivity index (χ2n) is 6.40. The molecular formula is C17H23N3O4S. The van der Waals surface area contributed by atoms with E-state index in [-0.39, 0.29) is 11.4 Å². The lowest BCUT2D eigenvalue weighted by molar-refractivity contribution is -0.117. The average molecular weight is 365 g/mol. The molecule has 1 aromatic rings. The second-order valence-corrected chi connectivity index (χ2v) is 6.81. The molecule has 7 nitrogen and oxygen atoms in total. The van der Waals surface area contributed by atoms with Crippen LogP contribution in [0.1, 0.15) is 26.3 Å². The van der Waals surface area contributed by atoms with Gasteiger partial charge < -0.3 is 19.5 Å². The molecule has 1 heterocycles. The lowest BCUT2D eigenvalue weighted by Gasteiger charge is -2.22. The molecule has 25 heavy (non-hydrogen) atoms. The van der Waals surface area contributed by atoms with Gasteiger partial charge in [-0.1, -0.05) is 0 Å².